The highest BCUT2D eigenvalue weighted by Gasteiger charge is 2.01. The molecule has 4 aromatic rings. The van der Waals surface area contributed by atoms with Crippen molar-refractivity contribution in [1.82, 2.24) is 4.98 Å². The second kappa shape index (κ2) is 8.01. The van der Waals surface area contributed by atoms with Gasteiger partial charge in [0.1, 0.15) is 12.4 Å². The van der Waals surface area contributed by atoms with Crippen molar-refractivity contribution in [1.29, 1.82) is 0 Å². The first-order chi connectivity index (χ1) is 13.3. The minimum Gasteiger partial charge on any atom is -0.489 e. The van der Waals surface area contributed by atoms with Crippen LogP contribution in [-0.2, 0) is 6.61 Å². The highest BCUT2D eigenvalue weighted by Crippen LogP contribution is 2.25. The quantitative estimate of drug-likeness (QED) is 0.352. The van der Waals surface area contributed by atoms with Crippen molar-refractivity contribution in [2.24, 2.45) is 5.10 Å². The Balaban J connectivity index is 1.33. The number of para-hydroxylation sites is 1. The molecular weight excluding hydrogens is 354 g/mol. The number of hydrogen-bond donors (Lipinski definition) is 1. The number of rotatable bonds is 6. The van der Waals surface area contributed by atoms with E-state index in [1.165, 1.54) is 5.56 Å². The van der Waals surface area contributed by atoms with Gasteiger partial charge in [0.2, 0.25) is 5.13 Å². The Labute approximate surface area is 162 Å². The number of hydrazone groups is 1. The summed E-state index contributed by atoms with van der Waals surface area (Å²) in [5, 5.41) is 5.05. The molecule has 0 aliphatic rings. The van der Waals surface area contributed by atoms with E-state index in [1.54, 1.807) is 17.6 Å². The van der Waals surface area contributed by atoms with Gasteiger partial charge in [-0.1, -0.05) is 53.3 Å². The molecule has 4 nitrogen and oxygen atoms in total. The van der Waals surface area contributed by atoms with Crippen molar-refractivity contribution < 1.29 is 4.74 Å². The maximum atomic E-state index is 5.83. The van der Waals surface area contributed by atoms with E-state index in [-0.39, 0.29) is 0 Å². The van der Waals surface area contributed by atoms with Gasteiger partial charge in [-0.2, -0.15) is 5.10 Å². The molecule has 5 heteroatoms. The molecule has 0 unspecified atom stereocenters. The van der Waals surface area contributed by atoms with Crippen LogP contribution >= 0.6 is 11.3 Å². The lowest BCUT2D eigenvalue weighted by Crippen LogP contribution is -1.95. The zero-order valence-corrected chi connectivity index (χ0v) is 15.7. The topological polar surface area (TPSA) is 46.5 Å². The fraction of sp³-hybridized carbons (Fsp3) is 0.0909. The van der Waals surface area contributed by atoms with Gasteiger partial charge < -0.3 is 4.74 Å². The summed E-state index contributed by atoms with van der Waals surface area (Å²) in [6.45, 7) is 2.64. The zero-order chi connectivity index (χ0) is 18.5. The molecule has 0 saturated heterocycles. The van der Waals surface area contributed by atoms with Crippen LogP contribution in [0.1, 0.15) is 16.7 Å². The number of aromatic nitrogens is 1. The number of aryl methyl sites for hydroxylation is 1. The van der Waals surface area contributed by atoms with E-state index in [0.717, 1.165) is 32.2 Å². The van der Waals surface area contributed by atoms with Crippen LogP contribution in [0.2, 0.25) is 0 Å². The molecule has 0 radical (unpaired) electrons. The lowest BCUT2D eigenvalue weighted by atomic mass is 10.2. The van der Waals surface area contributed by atoms with Crippen LogP contribution in [0, 0.1) is 6.92 Å². The average molecular weight is 373 g/mol. The van der Waals surface area contributed by atoms with Crippen molar-refractivity contribution in [2.75, 3.05) is 5.43 Å². The Bertz CT molecular complexity index is 1020. The van der Waals surface area contributed by atoms with Gasteiger partial charge in [-0.15, -0.1) is 0 Å². The normalized spacial score (nSPS) is 11.1. The highest BCUT2D eigenvalue weighted by molar-refractivity contribution is 7.22. The number of hydrogen-bond acceptors (Lipinski definition) is 5. The van der Waals surface area contributed by atoms with E-state index < -0.39 is 0 Å². The maximum Gasteiger partial charge on any atom is 0.204 e. The SMILES string of the molecule is Cc1ccc(COc2ccc(C=NNc3nc4ccccc4s3)cc2)cc1. The second-order valence-electron chi connectivity index (χ2n) is 6.20. The summed E-state index contributed by atoms with van der Waals surface area (Å²) >= 11 is 1.58. The van der Waals surface area contributed by atoms with E-state index >= 15 is 0 Å². The fourth-order valence-electron chi connectivity index (χ4n) is 2.58. The lowest BCUT2D eigenvalue weighted by molar-refractivity contribution is 0.306. The minimum absolute atomic E-state index is 0.562. The molecule has 3 aromatic carbocycles. The number of benzene rings is 3. The Kier molecular flexibility index (Phi) is 5.12. The Morgan fingerprint density at radius 3 is 2.56 bits per heavy atom. The monoisotopic (exact) mass is 373 g/mol. The van der Waals surface area contributed by atoms with Crippen LogP contribution in [0.3, 0.4) is 0 Å². The lowest BCUT2D eigenvalue weighted by Gasteiger charge is -2.06. The molecule has 0 aliphatic heterocycles. The molecule has 0 bridgehead atoms. The Morgan fingerprint density at radius 2 is 1.78 bits per heavy atom. The molecule has 0 atom stereocenters. The average Bonchev–Trinajstić information content (AvgIpc) is 3.11. The summed E-state index contributed by atoms with van der Waals surface area (Å²) in [6, 6.07) is 24.3. The largest absolute Gasteiger partial charge is 0.489 e. The maximum absolute atomic E-state index is 5.83. The first kappa shape index (κ1) is 17.2. The molecule has 0 spiro atoms. The van der Waals surface area contributed by atoms with Crippen LogP contribution in [0.4, 0.5) is 5.13 Å². The summed E-state index contributed by atoms with van der Waals surface area (Å²) in [4.78, 5) is 4.49. The van der Waals surface area contributed by atoms with Gasteiger partial charge in [-0.3, -0.25) is 5.43 Å². The molecule has 1 heterocycles. The van der Waals surface area contributed by atoms with E-state index in [4.69, 9.17) is 4.74 Å². The van der Waals surface area contributed by atoms with Gasteiger partial charge in [0.15, 0.2) is 0 Å². The standard InChI is InChI=1S/C22H19N3OS/c1-16-6-8-18(9-7-16)15-26-19-12-10-17(11-13-19)14-23-25-22-24-20-4-2-3-5-21(20)27-22/h2-14H,15H2,1H3,(H,24,25). The second-order valence-corrected chi connectivity index (χ2v) is 7.23. The summed E-state index contributed by atoms with van der Waals surface area (Å²) in [5.74, 6) is 0.840. The molecular formula is C22H19N3OS. The first-order valence-corrected chi connectivity index (χ1v) is 9.51. The third-order valence-electron chi connectivity index (χ3n) is 4.07. The van der Waals surface area contributed by atoms with Gasteiger partial charge in [0.25, 0.3) is 0 Å². The van der Waals surface area contributed by atoms with Gasteiger partial charge >= 0.3 is 0 Å². The summed E-state index contributed by atoms with van der Waals surface area (Å²) in [6.07, 6.45) is 1.77. The van der Waals surface area contributed by atoms with E-state index in [1.807, 2.05) is 42.5 Å². The molecule has 0 aliphatic carbocycles. The number of fused-ring (bicyclic) bond motifs is 1. The molecule has 4 rings (SSSR count). The number of ether oxygens (including phenoxy) is 1. The predicted octanol–water partition coefficient (Wildman–Crippen LogP) is 5.63. The van der Waals surface area contributed by atoms with Crippen LogP contribution in [0.5, 0.6) is 5.75 Å². The van der Waals surface area contributed by atoms with Crippen molar-refractivity contribution in [3.63, 3.8) is 0 Å². The zero-order valence-electron chi connectivity index (χ0n) is 14.9. The van der Waals surface area contributed by atoms with Crippen molar-refractivity contribution in [3.8, 4) is 5.75 Å². The molecule has 134 valence electrons. The Hall–Kier alpha value is -3.18. The van der Waals surface area contributed by atoms with Crippen LogP contribution in [-0.4, -0.2) is 11.2 Å². The number of nitrogens with one attached hydrogen (secondary N) is 1. The van der Waals surface area contributed by atoms with E-state index in [2.05, 4.69) is 52.8 Å². The van der Waals surface area contributed by atoms with Crippen molar-refractivity contribution >= 4 is 32.9 Å². The molecule has 1 aromatic heterocycles. The molecule has 0 saturated carbocycles. The summed E-state index contributed by atoms with van der Waals surface area (Å²) in [5.41, 5.74) is 7.38. The number of nitrogens with zero attached hydrogens (tertiary/aromatic N) is 2. The van der Waals surface area contributed by atoms with Gasteiger partial charge in [0.05, 0.1) is 16.4 Å². The van der Waals surface area contributed by atoms with Crippen LogP contribution in [0.15, 0.2) is 77.9 Å². The van der Waals surface area contributed by atoms with Gasteiger partial charge in [0, 0.05) is 0 Å². The number of thiazole rings is 1. The summed E-state index contributed by atoms with van der Waals surface area (Å²) in [7, 11) is 0. The minimum atomic E-state index is 0.562. The third kappa shape index (κ3) is 4.51. The van der Waals surface area contributed by atoms with Crippen molar-refractivity contribution in [3.05, 3.63) is 89.5 Å². The predicted molar refractivity (Wildman–Crippen MR) is 113 cm³/mol. The number of anilines is 1. The smallest absolute Gasteiger partial charge is 0.204 e. The van der Waals surface area contributed by atoms with Crippen molar-refractivity contribution in [2.45, 2.75) is 13.5 Å². The third-order valence-corrected chi connectivity index (χ3v) is 5.01. The Morgan fingerprint density at radius 1 is 1.00 bits per heavy atom. The van der Waals surface area contributed by atoms with Crippen LogP contribution < -0.4 is 10.2 Å². The van der Waals surface area contributed by atoms with E-state index in [9.17, 15) is 0 Å². The molecule has 1 N–H and O–H groups in total. The first-order valence-electron chi connectivity index (χ1n) is 8.69. The van der Waals surface area contributed by atoms with Gasteiger partial charge in [-0.25, -0.2) is 4.98 Å². The fourth-order valence-corrected chi connectivity index (χ4v) is 3.40. The molecule has 0 amide bonds. The van der Waals surface area contributed by atoms with Crippen LogP contribution in [0.25, 0.3) is 10.2 Å². The highest BCUT2D eigenvalue weighted by atomic mass is 32.1. The van der Waals surface area contributed by atoms with E-state index in [0.29, 0.717) is 6.61 Å². The summed E-state index contributed by atoms with van der Waals surface area (Å²) < 4.78 is 6.97. The van der Waals surface area contributed by atoms with Gasteiger partial charge in [-0.05, 0) is 54.4 Å². The molecule has 0 fully saturated rings. The molecule has 27 heavy (non-hydrogen) atoms.